The Kier molecular flexibility index (Phi) is 4.88. The number of carboxylic acids is 1. The minimum atomic E-state index is -0.815. The Hall–Kier alpha value is -2.70. The number of aromatic nitrogens is 3. The fraction of sp³-hybridized carbons (Fsp3) is 0.412. The molecule has 126 valence electrons. The van der Waals surface area contributed by atoms with E-state index in [9.17, 15) is 9.59 Å². The summed E-state index contributed by atoms with van der Waals surface area (Å²) in [5.41, 5.74) is 1.45. The van der Waals surface area contributed by atoms with Crippen molar-refractivity contribution in [2.75, 3.05) is 6.54 Å². The number of hydrogen-bond acceptors (Lipinski definition) is 4. The molecule has 1 aromatic heterocycles. The lowest BCUT2D eigenvalue weighted by Gasteiger charge is -2.35. The number of carbonyl (C=O) groups excluding carboxylic acids is 1. The SMILES string of the molecule is O=C(O)CC[C@@H]1CCCCN1C(=O)c1ccc(-n2ccnn2)cc1. The van der Waals surface area contributed by atoms with Crippen LogP contribution in [0.1, 0.15) is 42.5 Å². The number of carbonyl (C=O) groups is 2. The van der Waals surface area contributed by atoms with E-state index < -0.39 is 5.97 Å². The summed E-state index contributed by atoms with van der Waals surface area (Å²) in [5.74, 6) is -0.847. The molecule has 1 aromatic carbocycles. The van der Waals surface area contributed by atoms with Crippen LogP contribution in [0.3, 0.4) is 0 Å². The van der Waals surface area contributed by atoms with Gasteiger partial charge in [0.15, 0.2) is 0 Å². The molecule has 1 aliphatic rings. The van der Waals surface area contributed by atoms with Crippen molar-refractivity contribution in [2.45, 2.75) is 38.1 Å². The largest absolute Gasteiger partial charge is 0.481 e. The van der Waals surface area contributed by atoms with Crippen LogP contribution in [0, 0.1) is 0 Å². The molecule has 7 heteroatoms. The highest BCUT2D eigenvalue weighted by molar-refractivity contribution is 5.94. The lowest BCUT2D eigenvalue weighted by molar-refractivity contribution is -0.137. The van der Waals surface area contributed by atoms with Gasteiger partial charge in [-0.25, -0.2) is 4.68 Å². The molecule has 3 rings (SSSR count). The Morgan fingerprint density at radius 3 is 2.67 bits per heavy atom. The van der Waals surface area contributed by atoms with E-state index >= 15 is 0 Å². The molecule has 1 atom stereocenters. The number of piperidine rings is 1. The topological polar surface area (TPSA) is 88.3 Å². The van der Waals surface area contributed by atoms with Gasteiger partial charge in [-0.05, 0) is 49.9 Å². The second-order valence-corrected chi connectivity index (χ2v) is 5.98. The molecule has 0 unspecified atom stereocenters. The summed E-state index contributed by atoms with van der Waals surface area (Å²) < 4.78 is 1.63. The van der Waals surface area contributed by atoms with Gasteiger partial charge < -0.3 is 10.0 Å². The van der Waals surface area contributed by atoms with Gasteiger partial charge in [0.25, 0.3) is 5.91 Å². The average molecular weight is 328 g/mol. The van der Waals surface area contributed by atoms with E-state index in [1.165, 1.54) is 0 Å². The van der Waals surface area contributed by atoms with Crippen LogP contribution in [0.2, 0.25) is 0 Å². The Balaban J connectivity index is 1.72. The van der Waals surface area contributed by atoms with Crippen LogP contribution < -0.4 is 0 Å². The predicted molar refractivity (Wildman–Crippen MR) is 86.9 cm³/mol. The van der Waals surface area contributed by atoms with Gasteiger partial charge in [-0.1, -0.05) is 5.21 Å². The molecule has 24 heavy (non-hydrogen) atoms. The van der Waals surface area contributed by atoms with Gasteiger partial charge >= 0.3 is 5.97 Å². The summed E-state index contributed by atoms with van der Waals surface area (Å²) in [5, 5.41) is 16.6. The van der Waals surface area contributed by atoms with Crippen LogP contribution in [-0.4, -0.2) is 49.5 Å². The van der Waals surface area contributed by atoms with Crippen molar-refractivity contribution >= 4 is 11.9 Å². The van der Waals surface area contributed by atoms with Crippen LogP contribution in [0.4, 0.5) is 0 Å². The molecule has 0 bridgehead atoms. The standard InChI is InChI=1S/C17H20N4O3/c22-16(23)9-8-14-3-1-2-11-20(14)17(24)13-4-6-15(7-5-13)21-12-10-18-19-21/h4-7,10,12,14H,1-3,8-9,11H2,(H,22,23)/t14-/m0/s1. The number of carboxylic acid groups (broad SMARTS) is 1. The first-order chi connectivity index (χ1) is 11.6. The third-order valence-electron chi connectivity index (χ3n) is 4.38. The Labute approximate surface area is 139 Å². The van der Waals surface area contributed by atoms with Gasteiger partial charge in [0.1, 0.15) is 0 Å². The molecule has 0 saturated carbocycles. The maximum absolute atomic E-state index is 12.8. The second-order valence-electron chi connectivity index (χ2n) is 5.98. The summed E-state index contributed by atoms with van der Waals surface area (Å²) in [4.78, 5) is 25.4. The summed E-state index contributed by atoms with van der Waals surface area (Å²) in [6.07, 6.45) is 6.82. The molecule has 1 amide bonds. The maximum Gasteiger partial charge on any atom is 0.303 e. The number of rotatable bonds is 5. The number of aliphatic carboxylic acids is 1. The number of amides is 1. The Bertz CT molecular complexity index is 697. The predicted octanol–water partition coefficient (Wildman–Crippen LogP) is 2.13. The van der Waals surface area contributed by atoms with E-state index in [1.807, 2.05) is 17.0 Å². The molecule has 1 aliphatic heterocycles. The molecule has 0 aliphatic carbocycles. The number of hydrogen-bond donors (Lipinski definition) is 1. The van der Waals surface area contributed by atoms with Crippen molar-refractivity contribution in [1.82, 2.24) is 19.9 Å². The highest BCUT2D eigenvalue weighted by atomic mass is 16.4. The van der Waals surface area contributed by atoms with Crippen LogP contribution in [0.15, 0.2) is 36.7 Å². The molecule has 1 N–H and O–H groups in total. The smallest absolute Gasteiger partial charge is 0.303 e. The normalized spacial score (nSPS) is 17.7. The van der Waals surface area contributed by atoms with Crippen LogP contribution in [0.5, 0.6) is 0 Å². The van der Waals surface area contributed by atoms with E-state index in [0.29, 0.717) is 18.5 Å². The second kappa shape index (κ2) is 7.25. The van der Waals surface area contributed by atoms with E-state index in [1.54, 1.807) is 29.2 Å². The fourth-order valence-corrected chi connectivity index (χ4v) is 3.13. The monoisotopic (exact) mass is 328 g/mol. The van der Waals surface area contributed by atoms with Crippen molar-refractivity contribution in [3.05, 3.63) is 42.2 Å². The molecule has 7 nitrogen and oxygen atoms in total. The van der Waals surface area contributed by atoms with Gasteiger partial charge in [-0.15, -0.1) is 5.10 Å². The molecular weight excluding hydrogens is 308 g/mol. The zero-order valence-electron chi connectivity index (χ0n) is 13.3. The first kappa shape index (κ1) is 16.2. The number of nitrogens with zero attached hydrogens (tertiary/aromatic N) is 4. The third-order valence-corrected chi connectivity index (χ3v) is 4.38. The average Bonchev–Trinajstić information content (AvgIpc) is 3.14. The van der Waals surface area contributed by atoms with Crippen LogP contribution in [0.25, 0.3) is 5.69 Å². The fourth-order valence-electron chi connectivity index (χ4n) is 3.13. The zero-order chi connectivity index (χ0) is 16.9. The van der Waals surface area contributed by atoms with Gasteiger partial charge in [-0.2, -0.15) is 0 Å². The zero-order valence-corrected chi connectivity index (χ0v) is 13.3. The summed E-state index contributed by atoms with van der Waals surface area (Å²) in [7, 11) is 0. The minimum absolute atomic E-state index is 0.0114. The van der Waals surface area contributed by atoms with Crippen molar-refractivity contribution in [3.8, 4) is 5.69 Å². The van der Waals surface area contributed by atoms with E-state index in [0.717, 1.165) is 24.9 Å². The number of likely N-dealkylation sites (tertiary alicyclic amines) is 1. The van der Waals surface area contributed by atoms with Gasteiger partial charge in [0, 0.05) is 24.6 Å². The molecule has 1 saturated heterocycles. The van der Waals surface area contributed by atoms with Gasteiger partial charge in [-0.3, -0.25) is 9.59 Å². The molecular formula is C17H20N4O3. The molecule has 0 radical (unpaired) electrons. The quantitative estimate of drug-likeness (QED) is 0.908. The third kappa shape index (κ3) is 3.61. The van der Waals surface area contributed by atoms with Gasteiger partial charge in [0.2, 0.25) is 0 Å². The Morgan fingerprint density at radius 2 is 2.00 bits per heavy atom. The molecule has 2 heterocycles. The van der Waals surface area contributed by atoms with Crippen LogP contribution in [-0.2, 0) is 4.79 Å². The molecule has 1 fully saturated rings. The van der Waals surface area contributed by atoms with Crippen molar-refractivity contribution < 1.29 is 14.7 Å². The summed E-state index contributed by atoms with van der Waals surface area (Å²) >= 11 is 0. The minimum Gasteiger partial charge on any atom is -0.481 e. The number of benzene rings is 1. The highest BCUT2D eigenvalue weighted by Gasteiger charge is 2.27. The molecule has 2 aromatic rings. The first-order valence-electron chi connectivity index (χ1n) is 8.14. The summed E-state index contributed by atoms with van der Waals surface area (Å²) in [6.45, 7) is 0.688. The van der Waals surface area contributed by atoms with E-state index in [2.05, 4.69) is 10.3 Å². The highest BCUT2D eigenvalue weighted by Crippen LogP contribution is 2.23. The molecule has 0 spiro atoms. The van der Waals surface area contributed by atoms with Crippen LogP contribution >= 0.6 is 0 Å². The lowest BCUT2D eigenvalue weighted by atomic mass is 9.97. The van der Waals surface area contributed by atoms with Gasteiger partial charge in [0.05, 0.1) is 18.1 Å². The van der Waals surface area contributed by atoms with E-state index in [4.69, 9.17) is 5.11 Å². The van der Waals surface area contributed by atoms with Crippen molar-refractivity contribution in [2.24, 2.45) is 0 Å². The summed E-state index contributed by atoms with van der Waals surface area (Å²) in [6, 6.07) is 7.23. The Morgan fingerprint density at radius 1 is 1.21 bits per heavy atom. The maximum atomic E-state index is 12.8. The van der Waals surface area contributed by atoms with E-state index in [-0.39, 0.29) is 18.4 Å². The first-order valence-corrected chi connectivity index (χ1v) is 8.14. The van der Waals surface area contributed by atoms with Crippen molar-refractivity contribution in [3.63, 3.8) is 0 Å². The lowest BCUT2D eigenvalue weighted by Crippen LogP contribution is -2.43. The van der Waals surface area contributed by atoms with Crippen molar-refractivity contribution in [1.29, 1.82) is 0 Å².